The normalized spacial score (nSPS) is 9.73. The number of hydrogen-bond donors (Lipinski definition) is 1. The van der Waals surface area contributed by atoms with Gasteiger partial charge in [0.1, 0.15) is 11.3 Å². The standard InChI is InChI=1S/C11H12O4/c1-3-10(12)15-9-6-7(2)4-5-8(9)11(13)14/h4-6H,3H2,1-2H3,(H,13,14). The molecule has 0 heterocycles. The monoisotopic (exact) mass is 208 g/mol. The summed E-state index contributed by atoms with van der Waals surface area (Å²) in [6.07, 6.45) is 0.215. The van der Waals surface area contributed by atoms with Gasteiger partial charge in [-0.2, -0.15) is 0 Å². The maximum Gasteiger partial charge on any atom is 0.339 e. The Balaban J connectivity index is 3.07. The van der Waals surface area contributed by atoms with Gasteiger partial charge in [-0.1, -0.05) is 13.0 Å². The van der Waals surface area contributed by atoms with E-state index in [1.54, 1.807) is 19.9 Å². The summed E-state index contributed by atoms with van der Waals surface area (Å²) in [6.45, 7) is 3.45. The number of carbonyl (C=O) groups excluding carboxylic acids is 1. The fourth-order valence-corrected chi connectivity index (χ4v) is 1.09. The minimum atomic E-state index is -1.10. The van der Waals surface area contributed by atoms with E-state index >= 15 is 0 Å². The largest absolute Gasteiger partial charge is 0.478 e. The van der Waals surface area contributed by atoms with Gasteiger partial charge in [-0.05, 0) is 24.6 Å². The van der Waals surface area contributed by atoms with Crippen LogP contribution in [0, 0.1) is 6.92 Å². The fraction of sp³-hybridized carbons (Fsp3) is 0.273. The van der Waals surface area contributed by atoms with E-state index in [1.165, 1.54) is 12.1 Å². The lowest BCUT2D eigenvalue weighted by Crippen LogP contribution is -2.09. The van der Waals surface area contributed by atoms with E-state index in [4.69, 9.17) is 9.84 Å². The first-order valence-electron chi connectivity index (χ1n) is 4.59. The number of esters is 1. The summed E-state index contributed by atoms with van der Waals surface area (Å²) >= 11 is 0. The van der Waals surface area contributed by atoms with Crippen LogP contribution in [-0.4, -0.2) is 17.0 Å². The van der Waals surface area contributed by atoms with Crippen LogP contribution in [0.25, 0.3) is 0 Å². The zero-order chi connectivity index (χ0) is 11.4. The first kappa shape index (κ1) is 11.2. The summed E-state index contributed by atoms with van der Waals surface area (Å²) in [5.74, 6) is -1.44. The van der Waals surface area contributed by atoms with Crippen molar-refractivity contribution in [1.29, 1.82) is 0 Å². The Morgan fingerprint density at radius 3 is 2.60 bits per heavy atom. The highest BCUT2D eigenvalue weighted by Crippen LogP contribution is 2.20. The Labute approximate surface area is 87.5 Å². The molecular formula is C11H12O4. The summed E-state index contributed by atoms with van der Waals surface area (Å²) in [4.78, 5) is 21.9. The van der Waals surface area contributed by atoms with Crippen molar-refractivity contribution < 1.29 is 19.4 Å². The van der Waals surface area contributed by atoms with Crippen LogP contribution in [0.1, 0.15) is 29.3 Å². The summed E-state index contributed by atoms with van der Waals surface area (Å²) in [5, 5.41) is 8.85. The number of aromatic carboxylic acids is 1. The molecule has 0 aliphatic heterocycles. The molecule has 4 heteroatoms. The van der Waals surface area contributed by atoms with Crippen LogP contribution in [-0.2, 0) is 4.79 Å². The molecule has 4 nitrogen and oxygen atoms in total. The Hall–Kier alpha value is -1.84. The topological polar surface area (TPSA) is 63.6 Å². The first-order chi connectivity index (χ1) is 7.04. The molecule has 0 bridgehead atoms. The third-order valence-corrected chi connectivity index (χ3v) is 1.88. The molecule has 1 N–H and O–H groups in total. The predicted octanol–water partition coefficient (Wildman–Crippen LogP) is 2.01. The van der Waals surface area contributed by atoms with Crippen molar-refractivity contribution in [3.05, 3.63) is 29.3 Å². The SMILES string of the molecule is CCC(=O)Oc1cc(C)ccc1C(=O)O. The van der Waals surface area contributed by atoms with Gasteiger partial charge >= 0.3 is 11.9 Å². The third-order valence-electron chi connectivity index (χ3n) is 1.88. The second-order valence-electron chi connectivity index (χ2n) is 3.13. The fourth-order valence-electron chi connectivity index (χ4n) is 1.09. The van der Waals surface area contributed by atoms with Crippen molar-refractivity contribution in [3.63, 3.8) is 0 Å². The molecule has 0 amide bonds. The maximum absolute atomic E-state index is 11.1. The number of carbonyl (C=O) groups is 2. The molecule has 0 unspecified atom stereocenters. The van der Waals surface area contributed by atoms with E-state index in [1.807, 2.05) is 0 Å². The number of carboxylic acid groups (broad SMARTS) is 1. The molecule has 0 fully saturated rings. The number of rotatable bonds is 3. The molecule has 1 aromatic carbocycles. The molecular weight excluding hydrogens is 196 g/mol. The molecule has 15 heavy (non-hydrogen) atoms. The van der Waals surface area contributed by atoms with Crippen molar-refractivity contribution in [2.45, 2.75) is 20.3 Å². The first-order valence-corrected chi connectivity index (χ1v) is 4.59. The lowest BCUT2D eigenvalue weighted by molar-refractivity contribution is -0.134. The van der Waals surface area contributed by atoms with E-state index in [0.717, 1.165) is 5.56 Å². The lowest BCUT2D eigenvalue weighted by atomic mass is 10.1. The number of benzene rings is 1. The van der Waals surface area contributed by atoms with Crippen LogP contribution in [0.3, 0.4) is 0 Å². The minimum Gasteiger partial charge on any atom is -0.478 e. The molecule has 0 aliphatic carbocycles. The van der Waals surface area contributed by atoms with Crippen molar-refractivity contribution in [2.75, 3.05) is 0 Å². The van der Waals surface area contributed by atoms with Gasteiger partial charge in [0.2, 0.25) is 0 Å². The molecule has 0 aliphatic rings. The Bertz CT molecular complexity index is 396. The van der Waals surface area contributed by atoms with Crippen molar-refractivity contribution in [1.82, 2.24) is 0 Å². The second kappa shape index (κ2) is 4.59. The van der Waals surface area contributed by atoms with Crippen LogP contribution in [0.4, 0.5) is 0 Å². The molecule has 80 valence electrons. The quantitative estimate of drug-likeness (QED) is 0.609. The van der Waals surface area contributed by atoms with E-state index < -0.39 is 11.9 Å². The highest BCUT2D eigenvalue weighted by molar-refractivity contribution is 5.92. The van der Waals surface area contributed by atoms with Gasteiger partial charge in [0.25, 0.3) is 0 Å². The summed E-state index contributed by atoms with van der Waals surface area (Å²) in [7, 11) is 0. The molecule has 0 spiro atoms. The van der Waals surface area contributed by atoms with E-state index in [2.05, 4.69) is 0 Å². The second-order valence-corrected chi connectivity index (χ2v) is 3.13. The highest BCUT2D eigenvalue weighted by Gasteiger charge is 2.13. The van der Waals surface area contributed by atoms with Gasteiger partial charge in [0.15, 0.2) is 0 Å². The molecule has 0 aromatic heterocycles. The summed E-state index contributed by atoms with van der Waals surface area (Å²) in [6, 6.07) is 4.62. The van der Waals surface area contributed by atoms with Gasteiger partial charge in [-0.15, -0.1) is 0 Å². The summed E-state index contributed by atoms with van der Waals surface area (Å²) < 4.78 is 4.92. The van der Waals surface area contributed by atoms with Crippen molar-refractivity contribution in [2.24, 2.45) is 0 Å². The molecule has 0 radical (unpaired) electrons. The molecule has 1 aromatic rings. The molecule has 0 atom stereocenters. The summed E-state index contributed by atoms with van der Waals surface area (Å²) in [5.41, 5.74) is 0.848. The number of carboxylic acids is 1. The van der Waals surface area contributed by atoms with Crippen LogP contribution in [0.5, 0.6) is 5.75 Å². The molecule has 0 saturated heterocycles. The smallest absolute Gasteiger partial charge is 0.339 e. The van der Waals surface area contributed by atoms with Gasteiger partial charge in [-0.3, -0.25) is 4.79 Å². The lowest BCUT2D eigenvalue weighted by Gasteiger charge is -2.07. The minimum absolute atomic E-state index is 0.00222. The van der Waals surface area contributed by atoms with E-state index in [-0.39, 0.29) is 17.7 Å². The van der Waals surface area contributed by atoms with Gasteiger partial charge in [0, 0.05) is 6.42 Å². The van der Waals surface area contributed by atoms with E-state index in [0.29, 0.717) is 0 Å². The zero-order valence-corrected chi connectivity index (χ0v) is 8.61. The van der Waals surface area contributed by atoms with Gasteiger partial charge < -0.3 is 9.84 Å². The average Bonchev–Trinajstić information content (AvgIpc) is 2.17. The van der Waals surface area contributed by atoms with Gasteiger partial charge in [-0.25, -0.2) is 4.79 Å². The molecule has 1 rings (SSSR count). The molecule has 0 saturated carbocycles. The zero-order valence-electron chi connectivity index (χ0n) is 8.61. The van der Waals surface area contributed by atoms with Crippen LogP contribution >= 0.6 is 0 Å². The Kier molecular flexibility index (Phi) is 3.44. The van der Waals surface area contributed by atoms with Gasteiger partial charge in [0.05, 0.1) is 0 Å². The predicted molar refractivity (Wildman–Crippen MR) is 54.1 cm³/mol. The average molecular weight is 208 g/mol. The third kappa shape index (κ3) is 2.80. The maximum atomic E-state index is 11.1. The van der Waals surface area contributed by atoms with E-state index in [9.17, 15) is 9.59 Å². The number of hydrogen-bond acceptors (Lipinski definition) is 3. The number of ether oxygens (including phenoxy) is 1. The van der Waals surface area contributed by atoms with Crippen molar-refractivity contribution >= 4 is 11.9 Å². The van der Waals surface area contributed by atoms with Crippen LogP contribution in [0.15, 0.2) is 18.2 Å². The van der Waals surface area contributed by atoms with Crippen molar-refractivity contribution in [3.8, 4) is 5.75 Å². The Morgan fingerprint density at radius 2 is 2.07 bits per heavy atom. The number of aryl methyl sites for hydroxylation is 1. The Morgan fingerprint density at radius 1 is 1.40 bits per heavy atom. The van der Waals surface area contributed by atoms with Crippen LogP contribution < -0.4 is 4.74 Å². The van der Waals surface area contributed by atoms with Crippen LogP contribution in [0.2, 0.25) is 0 Å². The highest BCUT2D eigenvalue weighted by atomic mass is 16.5.